The van der Waals surface area contributed by atoms with Gasteiger partial charge in [0.15, 0.2) is 0 Å². The summed E-state index contributed by atoms with van der Waals surface area (Å²) in [5, 5.41) is 12.9. The number of likely N-dealkylation sites (tertiary alicyclic amines) is 1. The Hall–Kier alpha value is -2.43. The number of halogens is 1. The minimum atomic E-state index is 0.0757. The van der Waals surface area contributed by atoms with Gasteiger partial charge in [-0.25, -0.2) is 0 Å². The van der Waals surface area contributed by atoms with Crippen LogP contribution in [0.15, 0.2) is 48.5 Å². The van der Waals surface area contributed by atoms with E-state index in [4.69, 9.17) is 16.9 Å². The van der Waals surface area contributed by atoms with Gasteiger partial charge in [-0.1, -0.05) is 41.9 Å². The van der Waals surface area contributed by atoms with Crippen molar-refractivity contribution in [3.63, 3.8) is 0 Å². The molecule has 2 aliphatic rings. The Morgan fingerprint density at radius 2 is 1.64 bits per heavy atom. The van der Waals surface area contributed by atoms with E-state index in [0.29, 0.717) is 18.7 Å². The number of hydrogen-bond donors (Lipinski definition) is 1. The second-order valence-electron chi connectivity index (χ2n) is 8.95. The molecule has 1 N–H and O–H groups in total. The minimum Gasteiger partial charge on any atom is -0.353 e. The molecule has 174 valence electrons. The molecule has 1 atom stereocenters. The van der Waals surface area contributed by atoms with Gasteiger partial charge in [0.1, 0.15) is 0 Å². The average Bonchev–Trinajstić information content (AvgIpc) is 3.37. The smallest absolute Gasteiger partial charge is 0.234 e. The summed E-state index contributed by atoms with van der Waals surface area (Å²) in [6, 6.07) is 18.0. The first-order valence-electron chi connectivity index (χ1n) is 11.8. The van der Waals surface area contributed by atoms with Crippen LogP contribution in [0.4, 0.5) is 0 Å². The largest absolute Gasteiger partial charge is 0.353 e. The fourth-order valence-corrected chi connectivity index (χ4v) is 5.01. The molecular formula is C26H32ClN5O. The molecule has 4 rings (SSSR count). The maximum atomic E-state index is 12.7. The first-order chi connectivity index (χ1) is 16.1. The second-order valence-corrected chi connectivity index (χ2v) is 9.35. The molecule has 1 unspecified atom stereocenters. The van der Waals surface area contributed by atoms with Gasteiger partial charge in [-0.2, -0.15) is 5.26 Å². The Bertz CT molecular complexity index is 959. The van der Waals surface area contributed by atoms with E-state index in [1.165, 1.54) is 18.4 Å². The van der Waals surface area contributed by atoms with Crippen molar-refractivity contribution in [3.05, 3.63) is 70.2 Å². The van der Waals surface area contributed by atoms with E-state index < -0.39 is 0 Å². The van der Waals surface area contributed by atoms with Crippen molar-refractivity contribution in [2.24, 2.45) is 0 Å². The van der Waals surface area contributed by atoms with Crippen molar-refractivity contribution in [1.82, 2.24) is 20.0 Å². The van der Waals surface area contributed by atoms with E-state index in [2.05, 4.69) is 32.2 Å². The van der Waals surface area contributed by atoms with E-state index in [1.54, 1.807) is 0 Å². The van der Waals surface area contributed by atoms with Gasteiger partial charge in [-0.05, 0) is 55.3 Å². The number of carbonyl (C=O) groups is 1. The van der Waals surface area contributed by atoms with Gasteiger partial charge < -0.3 is 5.32 Å². The number of piperazine rings is 1. The number of hydrogen-bond acceptors (Lipinski definition) is 5. The quantitative estimate of drug-likeness (QED) is 0.648. The topological polar surface area (TPSA) is 62.6 Å². The van der Waals surface area contributed by atoms with Crippen molar-refractivity contribution in [2.75, 3.05) is 52.4 Å². The lowest BCUT2D eigenvalue weighted by Crippen LogP contribution is -2.49. The number of amides is 1. The molecule has 0 spiro atoms. The van der Waals surface area contributed by atoms with Crippen molar-refractivity contribution < 1.29 is 4.79 Å². The standard InChI is InChI=1S/C26H32ClN5O/c27-24-6-2-1-5-23(24)25(32-11-3-4-12-32)18-29-26(33)20-31-15-13-30(14-16-31)19-22-9-7-21(17-28)8-10-22/h1-2,5-10,25H,3-4,11-16,18-20H2,(H,29,33). The maximum absolute atomic E-state index is 12.7. The number of carbonyl (C=O) groups excluding carboxylic acids is 1. The van der Waals surface area contributed by atoms with Gasteiger partial charge in [0.05, 0.1) is 24.2 Å². The van der Waals surface area contributed by atoms with Crippen LogP contribution in [0.1, 0.15) is 35.6 Å². The minimum absolute atomic E-state index is 0.0757. The molecule has 0 saturated carbocycles. The van der Waals surface area contributed by atoms with Gasteiger partial charge in [-0.15, -0.1) is 0 Å². The Kier molecular flexibility index (Phi) is 8.35. The van der Waals surface area contributed by atoms with Crippen molar-refractivity contribution in [1.29, 1.82) is 5.26 Å². The molecule has 2 aromatic rings. The van der Waals surface area contributed by atoms with Crippen LogP contribution < -0.4 is 5.32 Å². The maximum Gasteiger partial charge on any atom is 0.234 e. The van der Waals surface area contributed by atoms with E-state index >= 15 is 0 Å². The lowest BCUT2D eigenvalue weighted by molar-refractivity contribution is -0.122. The third-order valence-electron chi connectivity index (χ3n) is 6.66. The van der Waals surface area contributed by atoms with Crippen LogP contribution in [0.5, 0.6) is 0 Å². The SMILES string of the molecule is N#Cc1ccc(CN2CCN(CC(=O)NCC(c3ccccc3Cl)N3CCCC3)CC2)cc1. The second kappa shape index (κ2) is 11.6. The van der Waals surface area contributed by atoms with Crippen LogP contribution in [0.3, 0.4) is 0 Å². The Morgan fingerprint density at radius 1 is 0.970 bits per heavy atom. The summed E-state index contributed by atoms with van der Waals surface area (Å²) in [5.41, 5.74) is 3.00. The highest BCUT2D eigenvalue weighted by Gasteiger charge is 2.26. The summed E-state index contributed by atoms with van der Waals surface area (Å²) >= 11 is 6.49. The number of nitrogens with zero attached hydrogens (tertiary/aromatic N) is 4. The highest BCUT2D eigenvalue weighted by molar-refractivity contribution is 6.31. The summed E-state index contributed by atoms with van der Waals surface area (Å²) in [4.78, 5) is 19.8. The molecule has 2 aromatic carbocycles. The average molecular weight is 466 g/mol. The summed E-state index contributed by atoms with van der Waals surface area (Å²) in [6.07, 6.45) is 2.39. The highest BCUT2D eigenvalue weighted by Crippen LogP contribution is 2.29. The van der Waals surface area contributed by atoms with E-state index in [9.17, 15) is 4.79 Å². The number of rotatable bonds is 8. The van der Waals surface area contributed by atoms with Crippen molar-refractivity contribution in [3.8, 4) is 6.07 Å². The molecule has 7 heteroatoms. The fraction of sp³-hybridized carbons (Fsp3) is 0.462. The molecule has 2 saturated heterocycles. The number of nitriles is 1. The molecule has 0 bridgehead atoms. The zero-order valence-corrected chi connectivity index (χ0v) is 19.8. The fourth-order valence-electron chi connectivity index (χ4n) is 4.75. The lowest BCUT2D eigenvalue weighted by atomic mass is 10.1. The molecule has 1 amide bonds. The summed E-state index contributed by atoms with van der Waals surface area (Å²) in [7, 11) is 0. The van der Waals surface area contributed by atoms with Gasteiger partial charge in [0.25, 0.3) is 0 Å². The van der Waals surface area contributed by atoms with E-state index in [0.717, 1.165) is 56.4 Å². The summed E-state index contributed by atoms with van der Waals surface area (Å²) in [6.45, 7) is 7.61. The summed E-state index contributed by atoms with van der Waals surface area (Å²) in [5.74, 6) is 0.0757. The van der Waals surface area contributed by atoms with Gasteiger partial charge in [0.2, 0.25) is 5.91 Å². The molecule has 2 heterocycles. The van der Waals surface area contributed by atoms with Gasteiger partial charge in [0, 0.05) is 44.3 Å². The monoisotopic (exact) mass is 465 g/mol. The molecule has 2 aliphatic heterocycles. The lowest BCUT2D eigenvalue weighted by Gasteiger charge is -2.34. The molecule has 0 aromatic heterocycles. The number of nitrogens with one attached hydrogen (secondary N) is 1. The molecule has 0 radical (unpaired) electrons. The highest BCUT2D eigenvalue weighted by atomic mass is 35.5. The first kappa shape index (κ1) is 23.7. The van der Waals surface area contributed by atoms with Gasteiger partial charge in [-0.3, -0.25) is 19.5 Å². The van der Waals surface area contributed by atoms with Crippen LogP contribution in [0.25, 0.3) is 0 Å². The van der Waals surface area contributed by atoms with Crippen LogP contribution in [0.2, 0.25) is 5.02 Å². The third kappa shape index (κ3) is 6.55. The normalized spacial score (nSPS) is 18.7. The van der Waals surface area contributed by atoms with E-state index in [1.807, 2.05) is 42.5 Å². The van der Waals surface area contributed by atoms with Crippen LogP contribution >= 0.6 is 11.6 Å². The Labute approximate surface area is 201 Å². The Balaban J connectivity index is 1.24. The zero-order valence-electron chi connectivity index (χ0n) is 19.0. The third-order valence-corrected chi connectivity index (χ3v) is 7.00. The zero-order chi connectivity index (χ0) is 23.0. The number of benzene rings is 2. The van der Waals surface area contributed by atoms with Crippen molar-refractivity contribution in [2.45, 2.75) is 25.4 Å². The molecule has 2 fully saturated rings. The predicted molar refractivity (Wildman–Crippen MR) is 131 cm³/mol. The van der Waals surface area contributed by atoms with Crippen LogP contribution in [0, 0.1) is 11.3 Å². The predicted octanol–water partition coefficient (Wildman–Crippen LogP) is 3.28. The molecule has 6 nitrogen and oxygen atoms in total. The van der Waals surface area contributed by atoms with E-state index in [-0.39, 0.29) is 11.9 Å². The Morgan fingerprint density at radius 3 is 2.30 bits per heavy atom. The molecule has 33 heavy (non-hydrogen) atoms. The molecule has 0 aliphatic carbocycles. The van der Waals surface area contributed by atoms with Crippen LogP contribution in [-0.2, 0) is 11.3 Å². The summed E-state index contributed by atoms with van der Waals surface area (Å²) < 4.78 is 0. The van der Waals surface area contributed by atoms with Crippen molar-refractivity contribution >= 4 is 17.5 Å². The first-order valence-corrected chi connectivity index (χ1v) is 12.2. The molecular weight excluding hydrogens is 434 g/mol. The van der Waals surface area contributed by atoms with Crippen LogP contribution in [-0.4, -0.2) is 73.0 Å². The van der Waals surface area contributed by atoms with Gasteiger partial charge >= 0.3 is 0 Å².